The van der Waals surface area contributed by atoms with Crippen LogP contribution in [0.2, 0.25) is 0 Å². The standard InChI is InChI=1S/C3H7N.H3NO2S/c1-2-4-3-1;1-4(2)3/h4H,1-3H2;4H,(H2,1,2,3). The second-order valence-electron chi connectivity index (χ2n) is 1.39. The van der Waals surface area contributed by atoms with Crippen molar-refractivity contribution < 1.29 is 8.42 Å². The van der Waals surface area contributed by atoms with Crippen LogP contribution in [-0.4, -0.2) is 21.5 Å². The van der Waals surface area contributed by atoms with Crippen LogP contribution >= 0.6 is 0 Å². The fourth-order valence-corrected chi connectivity index (χ4v) is 0.177. The smallest absolute Gasteiger partial charge is 0.198 e. The van der Waals surface area contributed by atoms with Gasteiger partial charge in [-0.05, 0) is 19.5 Å². The average molecular weight is 138 g/mol. The van der Waals surface area contributed by atoms with Gasteiger partial charge < -0.3 is 5.32 Å². The van der Waals surface area contributed by atoms with E-state index in [1.54, 1.807) is 0 Å². The number of nitrogens with two attached hydrogens (primary N) is 1. The van der Waals surface area contributed by atoms with Crippen LogP contribution in [0.25, 0.3) is 0 Å². The van der Waals surface area contributed by atoms with Crippen LogP contribution in [0.1, 0.15) is 6.42 Å². The molecule has 0 aromatic rings. The molecule has 50 valence electrons. The van der Waals surface area contributed by atoms with Crippen LogP contribution < -0.4 is 10.5 Å². The molecule has 4 nitrogen and oxygen atoms in total. The Bertz CT molecular complexity index is 95.9. The first-order valence-corrected chi connectivity index (χ1v) is 3.58. The minimum atomic E-state index is -2.62. The highest BCUT2D eigenvalue weighted by atomic mass is 32.2. The second kappa shape index (κ2) is 5.02. The molecule has 1 aliphatic heterocycles. The molecule has 1 fully saturated rings. The van der Waals surface area contributed by atoms with E-state index in [1.807, 2.05) is 0 Å². The predicted molar refractivity (Wildman–Crippen MR) is 32.0 cm³/mol. The first kappa shape index (κ1) is 7.87. The van der Waals surface area contributed by atoms with E-state index in [0.29, 0.717) is 0 Å². The lowest BCUT2D eigenvalue weighted by Gasteiger charge is -2.09. The lowest BCUT2D eigenvalue weighted by atomic mass is 10.3. The van der Waals surface area contributed by atoms with Gasteiger partial charge in [0.2, 0.25) is 0 Å². The van der Waals surface area contributed by atoms with E-state index >= 15 is 0 Å². The Morgan fingerprint density at radius 2 is 1.50 bits per heavy atom. The van der Waals surface area contributed by atoms with Crippen molar-refractivity contribution in [3.63, 3.8) is 0 Å². The SMILES string of the molecule is C1CNC1.N[SH](=O)=O. The van der Waals surface area contributed by atoms with E-state index < -0.39 is 10.9 Å². The normalized spacial score (nSPS) is 16.2. The number of hydrogen-bond donors (Lipinski definition) is 3. The van der Waals surface area contributed by atoms with E-state index in [4.69, 9.17) is 8.42 Å². The largest absolute Gasteiger partial charge is 0.317 e. The number of thiol groups is 1. The topological polar surface area (TPSA) is 72.2 Å². The minimum absolute atomic E-state index is 1.25. The van der Waals surface area contributed by atoms with Gasteiger partial charge in [0.15, 0.2) is 10.9 Å². The highest BCUT2D eigenvalue weighted by molar-refractivity contribution is 7.69. The molecule has 0 amide bonds. The van der Waals surface area contributed by atoms with Crippen molar-refractivity contribution in [2.75, 3.05) is 13.1 Å². The third-order valence-corrected chi connectivity index (χ3v) is 0.707. The zero-order valence-corrected chi connectivity index (χ0v) is 5.36. The van der Waals surface area contributed by atoms with Gasteiger partial charge in [-0.3, -0.25) is 0 Å². The molecule has 3 N–H and O–H groups in total. The van der Waals surface area contributed by atoms with Gasteiger partial charge in [-0.25, -0.2) is 13.6 Å². The number of nitrogens with one attached hydrogen (secondary N) is 1. The maximum atomic E-state index is 8.81. The molecule has 0 spiro atoms. The second-order valence-corrected chi connectivity index (χ2v) is 1.96. The molecular weight excluding hydrogens is 128 g/mol. The van der Waals surface area contributed by atoms with Crippen molar-refractivity contribution in [3.05, 3.63) is 0 Å². The van der Waals surface area contributed by atoms with Gasteiger partial charge in [0.1, 0.15) is 0 Å². The van der Waals surface area contributed by atoms with Crippen molar-refractivity contribution in [2.45, 2.75) is 6.42 Å². The lowest BCUT2D eigenvalue weighted by Crippen LogP contribution is -2.29. The molecule has 5 heteroatoms. The third-order valence-electron chi connectivity index (χ3n) is 0.707. The number of hydrogen-bond acceptors (Lipinski definition) is 3. The summed E-state index contributed by atoms with van der Waals surface area (Å²) in [5.74, 6) is 0. The Hall–Kier alpha value is -0.130. The van der Waals surface area contributed by atoms with E-state index in [9.17, 15) is 0 Å². The van der Waals surface area contributed by atoms with E-state index in [0.717, 1.165) is 0 Å². The minimum Gasteiger partial charge on any atom is -0.317 e. The van der Waals surface area contributed by atoms with E-state index in [-0.39, 0.29) is 0 Å². The summed E-state index contributed by atoms with van der Waals surface area (Å²) in [6.45, 7) is 2.50. The summed E-state index contributed by atoms with van der Waals surface area (Å²) in [6, 6.07) is 0. The van der Waals surface area contributed by atoms with Crippen LogP contribution in [0, 0.1) is 0 Å². The summed E-state index contributed by atoms with van der Waals surface area (Å²) in [6.07, 6.45) is 1.39. The van der Waals surface area contributed by atoms with Crippen molar-refractivity contribution in [1.82, 2.24) is 5.32 Å². The molecule has 0 bridgehead atoms. The lowest BCUT2D eigenvalue weighted by molar-refractivity contribution is 0.527. The maximum Gasteiger partial charge on any atom is 0.198 e. The molecule has 0 unspecified atom stereocenters. The van der Waals surface area contributed by atoms with Gasteiger partial charge in [-0.1, -0.05) is 0 Å². The molecule has 1 rings (SSSR count). The zero-order chi connectivity index (χ0) is 6.41. The van der Waals surface area contributed by atoms with E-state index in [1.165, 1.54) is 19.5 Å². The van der Waals surface area contributed by atoms with Gasteiger partial charge in [0.25, 0.3) is 0 Å². The molecular formula is C3H10N2O2S. The first-order chi connectivity index (χ1) is 3.73. The maximum absolute atomic E-state index is 8.81. The highest BCUT2D eigenvalue weighted by Crippen LogP contribution is 1.80. The predicted octanol–water partition coefficient (Wildman–Crippen LogP) is -1.55. The average Bonchev–Trinajstić information content (AvgIpc) is 1.19. The summed E-state index contributed by atoms with van der Waals surface area (Å²) >= 11 is 0. The van der Waals surface area contributed by atoms with Gasteiger partial charge >= 0.3 is 0 Å². The molecule has 8 heavy (non-hydrogen) atoms. The third kappa shape index (κ3) is 9.30. The van der Waals surface area contributed by atoms with Crippen LogP contribution in [0.15, 0.2) is 0 Å². The molecule has 1 saturated heterocycles. The molecule has 0 saturated carbocycles. The fourth-order valence-electron chi connectivity index (χ4n) is 0.177. The summed E-state index contributed by atoms with van der Waals surface area (Å²) in [5.41, 5.74) is 0. The Morgan fingerprint density at radius 1 is 1.38 bits per heavy atom. The van der Waals surface area contributed by atoms with Gasteiger partial charge in [-0.2, -0.15) is 0 Å². The molecule has 0 aromatic heterocycles. The molecule has 1 heterocycles. The van der Waals surface area contributed by atoms with Crippen molar-refractivity contribution in [3.8, 4) is 0 Å². The van der Waals surface area contributed by atoms with Crippen LogP contribution in [0.3, 0.4) is 0 Å². The fraction of sp³-hybridized carbons (Fsp3) is 1.00. The summed E-state index contributed by atoms with van der Waals surface area (Å²) in [5, 5.41) is 7.18. The first-order valence-electron chi connectivity index (χ1n) is 2.33. The van der Waals surface area contributed by atoms with Gasteiger partial charge in [0, 0.05) is 0 Å². The highest BCUT2D eigenvalue weighted by Gasteiger charge is 1.92. The Labute approximate surface area is 50.2 Å². The van der Waals surface area contributed by atoms with Crippen LogP contribution in [0.5, 0.6) is 0 Å². The van der Waals surface area contributed by atoms with Crippen molar-refractivity contribution in [2.24, 2.45) is 5.14 Å². The summed E-state index contributed by atoms with van der Waals surface area (Å²) in [4.78, 5) is 0. The van der Waals surface area contributed by atoms with E-state index in [2.05, 4.69) is 10.5 Å². The molecule has 0 atom stereocenters. The van der Waals surface area contributed by atoms with Gasteiger partial charge in [0.05, 0.1) is 0 Å². The molecule has 1 aliphatic rings. The summed E-state index contributed by atoms with van der Waals surface area (Å²) < 4.78 is 17.6. The van der Waals surface area contributed by atoms with Crippen molar-refractivity contribution >= 4 is 10.9 Å². The number of rotatable bonds is 0. The Balaban J connectivity index is 0.000000122. The monoisotopic (exact) mass is 138 g/mol. The molecule has 0 radical (unpaired) electrons. The van der Waals surface area contributed by atoms with Crippen LogP contribution in [-0.2, 0) is 10.9 Å². The molecule has 0 aromatic carbocycles. The zero-order valence-electron chi connectivity index (χ0n) is 4.46. The van der Waals surface area contributed by atoms with Crippen LogP contribution in [0.4, 0.5) is 0 Å². The quantitative estimate of drug-likeness (QED) is 0.355. The Kier molecular flexibility index (Phi) is 4.93. The van der Waals surface area contributed by atoms with Gasteiger partial charge in [-0.15, -0.1) is 0 Å². The molecule has 0 aliphatic carbocycles. The van der Waals surface area contributed by atoms with Crippen molar-refractivity contribution in [1.29, 1.82) is 0 Å². The Morgan fingerprint density at radius 3 is 1.50 bits per heavy atom. The summed E-state index contributed by atoms with van der Waals surface area (Å²) in [7, 11) is -2.62.